The molecular weight excluding hydrogens is 114 g/mol. The number of rotatable bonds is 1. The van der Waals surface area contributed by atoms with Crippen molar-refractivity contribution in [1.82, 2.24) is 4.90 Å². The van der Waals surface area contributed by atoms with Crippen molar-refractivity contribution in [1.29, 1.82) is 0 Å². The van der Waals surface area contributed by atoms with Gasteiger partial charge in [-0.05, 0) is 26.7 Å². The van der Waals surface area contributed by atoms with Crippen LogP contribution in [0.25, 0.3) is 0 Å². The molecule has 1 aliphatic heterocycles. The Hall–Kier alpha value is -0.0800. The zero-order valence-electron chi connectivity index (χ0n) is 6.17. The van der Waals surface area contributed by atoms with Crippen molar-refractivity contribution >= 4 is 0 Å². The lowest BCUT2D eigenvalue weighted by Gasteiger charge is -2.23. The molecule has 0 saturated carbocycles. The summed E-state index contributed by atoms with van der Waals surface area (Å²) in [7, 11) is 0. The maximum absolute atomic E-state index is 9.29. The summed E-state index contributed by atoms with van der Waals surface area (Å²) in [5.41, 5.74) is 0. The summed E-state index contributed by atoms with van der Waals surface area (Å²) in [5.74, 6) is 0. The molecule has 0 aromatic heterocycles. The van der Waals surface area contributed by atoms with E-state index in [1.165, 1.54) is 0 Å². The summed E-state index contributed by atoms with van der Waals surface area (Å²) < 4.78 is 0. The molecule has 1 atom stereocenters. The lowest BCUT2D eigenvalue weighted by atomic mass is 10.3. The highest BCUT2D eigenvalue weighted by molar-refractivity contribution is 4.72. The molecule has 1 fully saturated rings. The van der Waals surface area contributed by atoms with Crippen LogP contribution < -0.4 is 0 Å². The summed E-state index contributed by atoms with van der Waals surface area (Å²) in [4.78, 5) is 2.12. The van der Waals surface area contributed by atoms with Crippen LogP contribution in [-0.4, -0.2) is 28.8 Å². The quantitative estimate of drug-likeness (QED) is 0.566. The van der Waals surface area contributed by atoms with Crippen molar-refractivity contribution in [3.8, 4) is 0 Å². The molecule has 0 bridgehead atoms. The molecule has 2 heteroatoms. The van der Waals surface area contributed by atoms with E-state index in [1.54, 1.807) is 0 Å². The predicted octanol–water partition coefficient (Wildman–Crippen LogP) is 0.809. The first-order valence-electron chi connectivity index (χ1n) is 3.65. The Labute approximate surface area is 56.5 Å². The van der Waals surface area contributed by atoms with Gasteiger partial charge < -0.3 is 5.11 Å². The van der Waals surface area contributed by atoms with E-state index in [0.29, 0.717) is 6.04 Å². The molecule has 1 heterocycles. The lowest BCUT2D eigenvalue weighted by molar-refractivity contribution is 0.0182. The minimum Gasteiger partial charge on any atom is -0.378 e. The molecule has 0 amide bonds. The van der Waals surface area contributed by atoms with Crippen molar-refractivity contribution in [2.45, 2.75) is 39.0 Å². The second-order valence-corrected chi connectivity index (χ2v) is 2.95. The van der Waals surface area contributed by atoms with Crippen molar-refractivity contribution in [3.05, 3.63) is 0 Å². The molecule has 1 saturated heterocycles. The second-order valence-electron chi connectivity index (χ2n) is 2.95. The monoisotopic (exact) mass is 129 g/mol. The molecule has 0 aliphatic carbocycles. The van der Waals surface area contributed by atoms with E-state index in [9.17, 15) is 5.11 Å². The molecule has 0 aromatic rings. The van der Waals surface area contributed by atoms with Crippen LogP contribution in [0, 0.1) is 0 Å². The molecule has 1 unspecified atom stereocenters. The molecule has 9 heavy (non-hydrogen) atoms. The summed E-state index contributed by atoms with van der Waals surface area (Å²) >= 11 is 0. The topological polar surface area (TPSA) is 23.5 Å². The van der Waals surface area contributed by atoms with Gasteiger partial charge in [0.2, 0.25) is 0 Å². The van der Waals surface area contributed by atoms with E-state index in [1.807, 2.05) is 0 Å². The van der Waals surface area contributed by atoms with Gasteiger partial charge in [0.25, 0.3) is 0 Å². The summed E-state index contributed by atoms with van der Waals surface area (Å²) in [6.07, 6.45) is 1.95. The highest BCUT2D eigenvalue weighted by atomic mass is 16.3. The van der Waals surface area contributed by atoms with Gasteiger partial charge in [-0.25, -0.2) is 0 Å². The Morgan fingerprint density at radius 2 is 2.22 bits per heavy atom. The zero-order valence-corrected chi connectivity index (χ0v) is 6.17. The largest absolute Gasteiger partial charge is 0.378 e. The summed E-state index contributed by atoms with van der Waals surface area (Å²) in [6.45, 7) is 5.31. The van der Waals surface area contributed by atoms with E-state index in [2.05, 4.69) is 18.7 Å². The van der Waals surface area contributed by atoms with Gasteiger partial charge in [-0.15, -0.1) is 0 Å². The number of likely N-dealkylation sites (tertiary alicyclic amines) is 1. The van der Waals surface area contributed by atoms with E-state index in [0.717, 1.165) is 19.4 Å². The van der Waals surface area contributed by atoms with Crippen molar-refractivity contribution in [3.63, 3.8) is 0 Å². The highest BCUT2D eigenvalue weighted by Crippen LogP contribution is 2.16. The Balaban J connectivity index is 2.40. The van der Waals surface area contributed by atoms with Crippen LogP contribution >= 0.6 is 0 Å². The third-order valence-corrected chi connectivity index (χ3v) is 1.92. The Kier molecular flexibility index (Phi) is 2.09. The molecule has 0 aromatic carbocycles. The van der Waals surface area contributed by atoms with Crippen LogP contribution in [0.5, 0.6) is 0 Å². The van der Waals surface area contributed by atoms with Crippen LogP contribution in [0.3, 0.4) is 0 Å². The van der Waals surface area contributed by atoms with Crippen LogP contribution in [0.1, 0.15) is 26.7 Å². The smallest absolute Gasteiger partial charge is 0.107 e. The number of hydrogen-bond donors (Lipinski definition) is 1. The van der Waals surface area contributed by atoms with Crippen LogP contribution in [-0.2, 0) is 0 Å². The number of nitrogens with zero attached hydrogens (tertiary/aromatic N) is 1. The second kappa shape index (κ2) is 2.67. The molecule has 0 spiro atoms. The number of hydrogen-bond acceptors (Lipinski definition) is 2. The van der Waals surface area contributed by atoms with Crippen molar-refractivity contribution in [2.24, 2.45) is 0 Å². The number of aliphatic hydroxyl groups excluding tert-OH is 1. The average Bonchev–Trinajstić information content (AvgIpc) is 2.13. The first-order valence-corrected chi connectivity index (χ1v) is 3.65. The molecular formula is C7H15NO. The highest BCUT2D eigenvalue weighted by Gasteiger charge is 2.23. The summed E-state index contributed by atoms with van der Waals surface area (Å²) in [6, 6.07) is 0.502. The zero-order chi connectivity index (χ0) is 6.85. The normalized spacial score (nSPS) is 30.0. The van der Waals surface area contributed by atoms with Gasteiger partial charge in [-0.2, -0.15) is 0 Å². The van der Waals surface area contributed by atoms with Gasteiger partial charge in [0.1, 0.15) is 6.23 Å². The van der Waals surface area contributed by atoms with Crippen molar-refractivity contribution < 1.29 is 5.11 Å². The fraction of sp³-hybridized carbons (Fsp3) is 1.00. The third-order valence-electron chi connectivity index (χ3n) is 1.92. The molecule has 1 aliphatic rings. The first-order chi connectivity index (χ1) is 4.22. The number of aliphatic hydroxyl groups is 1. The maximum Gasteiger partial charge on any atom is 0.107 e. The minimum absolute atomic E-state index is 0.162. The van der Waals surface area contributed by atoms with E-state index in [4.69, 9.17) is 0 Å². The van der Waals surface area contributed by atoms with Gasteiger partial charge in [-0.1, -0.05) is 0 Å². The molecule has 1 rings (SSSR count). The Morgan fingerprint density at radius 1 is 1.56 bits per heavy atom. The first kappa shape index (κ1) is 7.03. The maximum atomic E-state index is 9.29. The molecule has 0 radical (unpaired) electrons. The Morgan fingerprint density at radius 3 is 2.44 bits per heavy atom. The van der Waals surface area contributed by atoms with Crippen molar-refractivity contribution in [2.75, 3.05) is 6.54 Å². The van der Waals surface area contributed by atoms with Crippen LogP contribution in [0.4, 0.5) is 0 Å². The van der Waals surface area contributed by atoms with Gasteiger partial charge in [0.15, 0.2) is 0 Å². The average molecular weight is 129 g/mol. The third kappa shape index (κ3) is 1.43. The molecule has 1 N–H and O–H groups in total. The minimum atomic E-state index is -0.162. The van der Waals surface area contributed by atoms with E-state index < -0.39 is 0 Å². The molecule has 2 nitrogen and oxygen atoms in total. The van der Waals surface area contributed by atoms with E-state index >= 15 is 0 Å². The van der Waals surface area contributed by atoms with Gasteiger partial charge >= 0.3 is 0 Å². The van der Waals surface area contributed by atoms with Gasteiger partial charge in [-0.3, -0.25) is 4.90 Å². The van der Waals surface area contributed by atoms with Gasteiger partial charge in [0, 0.05) is 12.6 Å². The standard InChI is InChI=1S/C7H15NO/c1-6(2)8-5-3-4-7(8)9/h6-7,9H,3-5H2,1-2H3. The SMILES string of the molecule is CC(C)N1CCCC1O. The predicted molar refractivity (Wildman–Crippen MR) is 37.1 cm³/mol. The van der Waals surface area contributed by atoms with E-state index in [-0.39, 0.29) is 6.23 Å². The Bertz CT molecular complexity index is 92.9. The van der Waals surface area contributed by atoms with Crippen LogP contribution in [0.15, 0.2) is 0 Å². The van der Waals surface area contributed by atoms with Gasteiger partial charge in [0.05, 0.1) is 0 Å². The fourth-order valence-electron chi connectivity index (χ4n) is 1.37. The molecule has 54 valence electrons. The fourth-order valence-corrected chi connectivity index (χ4v) is 1.37. The lowest BCUT2D eigenvalue weighted by Crippen LogP contribution is -2.34. The summed E-state index contributed by atoms with van der Waals surface area (Å²) in [5, 5.41) is 9.29. The van der Waals surface area contributed by atoms with Crippen LogP contribution in [0.2, 0.25) is 0 Å².